The minimum atomic E-state index is -3.42. The monoisotopic (exact) mass is 307 g/mol. The Balaban J connectivity index is 2.06. The van der Waals surface area contributed by atoms with E-state index in [1.54, 1.807) is 24.3 Å². The van der Waals surface area contributed by atoms with Crippen LogP contribution in [0.4, 0.5) is 0 Å². The molecule has 0 saturated heterocycles. The molecular formula is C15H21N3O2S. The fourth-order valence-corrected chi connectivity index (χ4v) is 4.34. The fourth-order valence-electron chi connectivity index (χ4n) is 2.87. The summed E-state index contributed by atoms with van der Waals surface area (Å²) in [7, 11) is -3.42. The Morgan fingerprint density at radius 1 is 1.33 bits per heavy atom. The minimum absolute atomic E-state index is 0.0621. The fraction of sp³-hybridized carbons (Fsp3) is 0.533. The lowest BCUT2D eigenvalue weighted by Gasteiger charge is -2.31. The maximum Gasteiger partial charge on any atom is 0.216 e. The molecule has 1 fully saturated rings. The molecule has 1 aliphatic rings. The molecule has 0 spiro atoms. The van der Waals surface area contributed by atoms with Gasteiger partial charge in [0.15, 0.2) is 0 Å². The largest absolute Gasteiger partial charge is 0.330 e. The van der Waals surface area contributed by atoms with Gasteiger partial charge >= 0.3 is 0 Å². The van der Waals surface area contributed by atoms with Crippen molar-refractivity contribution in [2.75, 3.05) is 6.54 Å². The van der Waals surface area contributed by atoms with E-state index < -0.39 is 10.0 Å². The molecule has 2 rings (SSSR count). The standard InChI is InChI=1S/C15H21N3O2S/c16-9-12-4-3-5-13(8-12)11-21(19,20)18-15-7-2-1-6-14(15)10-17/h3-5,8,14-15,18H,1-2,6-7,10-11,17H2. The van der Waals surface area contributed by atoms with Gasteiger partial charge in [0.2, 0.25) is 10.0 Å². The number of hydrogen-bond donors (Lipinski definition) is 2. The topological polar surface area (TPSA) is 96.0 Å². The van der Waals surface area contributed by atoms with Crippen molar-refractivity contribution in [1.29, 1.82) is 5.26 Å². The van der Waals surface area contributed by atoms with Crippen LogP contribution < -0.4 is 10.5 Å². The van der Waals surface area contributed by atoms with E-state index in [1.807, 2.05) is 6.07 Å². The average molecular weight is 307 g/mol. The number of nitrogens with zero attached hydrogens (tertiary/aromatic N) is 1. The van der Waals surface area contributed by atoms with Crippen LogP contribution >= 0.6 is 0 Å². The zero-order valence-corrected chi connectivity index (χ0v) is 12.8. The lowest BCUT2D eigenvalue weighted by atomic mass is 9.85. The molecular weight excluding hydrogens is 286 g/mol. The van der Waals surface area contributed by atoms with Crippen molar-refractivity contribution in [1.82, 2.24) is 4.72 Å². The number of sulfonamides is 1. The second-order valence-corrected chi connectivity index (χ2v) is 7.33. The molecule has 6 heteroatoms. The summed E-state index contributed by atoms with van der Waals surface area (Å²) >= 11 is 0. The Morgan fingerprint density at radius 2 is 2.10 bits per heavy atom. The van der Waals surface area contributed by atoms with Gasteiger partial charge < -0.3 is 5.73 Å². The molecule has 2 unspecified atom stereocenters. The van der Waals surface area contributed by atoms with Crippen LogP contribution in [0.5, 0.6) is 0 Å². The molecule has 0 aliphatic heterocycles. The summed E-state index contributed by atoms with van der Waals surface area (Å²) in [5.74, 6) is 0.120. The van der Waals surface area contributed by atoms with Crippen LogP contribution in [-0.2, 0) is 15.8 Å². The molecule has 21 heavy (non-hydrogen) atoms. The molecule has 5 nitrogen and oxygen atoms in total. The third-order valence-corrected chi connectivity index (χ3v) is 5.33. The summed E-state index contributed by atoms with van der Waals surface area (Å²) in [5, 5.41) is 8.86. The number of nitrogens with one attached hydrogen (secondary N) is 1. The second-order valence-electron chi connectivity index (χ2n) is 5.58. The van der Waals surface area contributed by atoms with E-state index in [1.165, 1.54) is 0 Å². The molecule has 2 atom stereocenters. The molecule has 1 aromatic carbocycles. The van der Waals surface area contributed by atoms with E-state index in [2.05, 4.69) is 4.72 Å². The molecule has 114 valence electrons. The predicted octanol–water partition coefficient (Wildman–Crippen LogP) is 1.50. The summed E-state index contributed by atoms with van der Waals surface area (Å²) < 4.78 is 27.4. The summed E-state index contributed by atoms with van der Waals surface area (Å²) in [5.41, 5.74) is 6.83. The van der Waals surface area contributed by atoms with Gasteiger partial charge in [0.1, 0.15) is 0 Å². The maximum atomic E-state index is 12.3. The maximum absolute atomic E-state index is 12.3. The van der Waals surface area contributed by atoms with Gasteiger partial charge in [0.25, 0.3) is 0 Å². The van der Waals surface area contributed by atoms with Gasteiger partial charge in [-0.2, -0.15) is 5.26 Å². The average Bonchev–Trinajstić information content (AvgIpc) is 2.47. The van der Waals surface area contributed by atoms with E-state index >= 15 is 0 Å². The lowest BCUT2D eigenvalue weighted by molar-refractivity contribution is 0.296. The van der Waals surface area contributed by atoms with E-state index in [0.717, 1.165) is 25.7 Å². The first kappa shape index (κ1) is 16.0. The molecule has 1 aliphatic carbocycles. The van der Waals surface area contributed by atoms with Crippen LogP contribution in [-0.4, -0.2) is 21.0 Å². The normalized spacial score (nSPS) is 22.7. The van der Waals surface area contributed by atoms with E-state index in [4.69, 9.17) is 11.0 Å². The molecule has 0 heterocycles. The van der Waals surface area contributed by atoms with Crippen LogP contribution in [0.25, 0.3) is 0 Å². The van der Waals surface area contributed by atoms with E-state index in [9.17, 15) is 8.42 Å². The minimum Gasteiger partial charge on any atom is -0.330 e. The summed E-state index contributed by atoms with van der Waals surface area (Å²) in [4.78, 5) is 0. The van der Waals surface area contributed by atoms with Gasteiger partial charge in [-0.3, -0.25) is 0 Å². The Hall–Kier alpha value is -1.42. The van der Waals surface area contributed by atoms with Gasteiger partial charge in [0, 0.05) is 6.04 Å². The number of rotatable bonds is 5. The highest BCUT2D eigenvalue weighted by molar-refractivity contribution is 7.88. The van der Waals surface area contributed by atoms with Gasteiger partial charge in [-0.25, -0.2) is 13.1 Å². The Bertz CT molecular complexity index is 622. The second kappa shape index (κ2) is 7.03. The molecule has 0 amide bonds. The zero-order valence-electron chi connectivity index (χ0n) is 12.0. The highest BCUT2D eigenvalue weighted by atomic mass is 32.2. The molecule has 1 aromatic rings. The van der Waals surface area contributed by atoms with Crippen molar-refractivity contribution < 1.29 is 8.42 Å². The molecule has 0 bridgehead atoms. The molecule has 1 saturated carbocycles. The van der Waals surface area contributed by atoms with Gasteiger partial charge in [-0.15, -0.1) is 0 Å². The van der Waals surface area contributed by atoms with Gasteiger partial charge in [0.05, 0.1) is 17.4 Å². The number of hydrogen-bond acceptors (Lipinski definition) is 4. The smallest absolute Gasteiger partial charge is 0.216 e. The number of nitriles is 1. The molecule has 0 aromatic heterocycles. The summed E-state index contributed by atoms with van der Waals surface area (Å²) in [6.07, 6.45) is 3.98. The number of benzene rings is 1. The van der Waals surface area contributed by atoms with Crippen molar-refractivity contribution in [2.24, 2.45) is 11.7 Å². The Morgan fingerprint density at radius 3 is 2.81 bits per heavy atom. The van der Waals surface area contributed by atoms with E-state index in [-0.39, 0.29) is 17.7 Å². The highest BCUT2D eigenvalue weighted by Crippen LogP contribution is 2.24. The van der Waals surface area contributed by atoms with Crippen LogP contribution in [0.3, 0.4) is 0 Å². The Labute approximate surface area is 126 Å². The van der Waals surface area contributed by atoms with Crippen LogP contribution in [0.2, 0.25) is 0 Å². The first-order valence-corrected chi connectivity index (χ1v) is 8.88. The van der Waals surface area contributed by atoms with E-state index in [0.29, 0.717) is 17.7 Å². The van der Waals surface area contributed by atoms with Crippen molar-refractivity contribution in [2.45, 2.75) is 37.5 Å². The first-order chi connectivity index (χ1) is 10.0. The van der Waals surface area contributed by atoms with Crippen LogP contribution in [0, 0.1) is 17.2 Å². The molecule has 3 N–H and O–H groups in total. The Kier molecular flexibility index (Phi) is 5.34. The highest BCUT2D eigenvalue weighted by Gasteiger charge is 2.27. The van der Waals surface area contributed by atoms with Crippen molar-refractivity contribution in [3.05, 3.63) is 35.4 Å². The third-order valence-electron chi connectivity index (χ3n) is 3.96. The third kappa shape index (κ3) is 4.53. The van der Waals surface area contributed by atoms with Crippen molar-refractivity contribution in [3.63, 3.8) is 0 Å². The quantitative estimate of drug-likeness (QED) is 0.861. The number of nitrogens with two attached hydrogens (primary N) is 1. The zero-order chi connectivity index (χ0) is 15.3. The van der Waals surface area contributed by atoms with Gasteiger partial charge in [-0.05, 0) is 43.0 Å². The van der Waals surface area contributed by atoms with Gasteiger partial charge in [-0.1, -0.05) is 25.0 Å². The predicted molar refractivity (Wildman–Crippen MR) is 81.7 cm³/mol. The van der Waals surface area contributed by atoms with Crippen molar-refractivity contribution in [3.8, 4) is 6.07 Å². The lowest BCUT2D eigenvalue weighted by Crippen LogP contribution is -2.45. The van der Waals surface area contributed by atoms with Crippen molar-refractivity contribution >= 4 is 10.0 Å². The first-order valence-electron chi connectivity index (χ1n) is 7.23. The SMILES string of the molecule is N#Cc1cccc(CS(=O)(=O)NC2CCCCC2CN)c1. The summed E-state index contributed by atoms with van der Waals surface area (Å²) in [6.45, 7) is 0.511. The van der Waals surface area contributed by atoms with Crippen LogP contribution in [0.1, 0.15) is 36.8 Å². The molecule has 0 radical (unpaired) electrons. The van der Waals surface area contributed by atoms with Crippen LogP contribution in [0.15, 0.2) is 24.3 Å². The summed E-state index contributed by atoms with van der Waals surface area (Å²) in [6, 6.07) is 8.65.